The number of hydrogen-bond donors (Lipinski definition) is 1. The Bertz CT molecular complexity index is 946. The van der Waals surface area contributed by atoms with E-state index >= 15 is 0 Å². The van der Waals surface area contributed by atoms with E-state index in [1.54, 1.807) is 34.0 Å². The molecule has 3 aromatic heterocycles. The van der Waals surface area contributed by atoms with Gasteiger partial charge in [-0.1, -0.05) is 19.9 Å². The number of fused-ring (bicyclic) bond motifs is 1. The Morgan fingerprint density at radius 1 is 1.07 bits per heavy atom. The molecule has 2 amide bonds. The third-order valence-corrected chi connectivity index (χ3v) is 4.43. The highest BCUT2D eigenvalue weighted by atomic mass is 16.2. The van der Waals surface area contributed by atoms with Gasteiger partial charge >= 0.3 is 0 Å². The summed E-state index contributed by atoms with van der Waals surface area (Å²) in [6, 6.07) is 9.14. The van der Waals surface area contributed by atoms with E-state index in [1.807, 2.05) is 38.1 Å². The number of carbonyl (C=O) groups is 2. The topological polar surface area (TPSA) is 79.6 Å². The van der Waals surface area contributed by atoms with Crippen LogP contribution in [-0.2, 0) is 6.54 Å². The smallest absolute Gasteiger partial charge is 0.290 e. The summed E-state index contributed by atoms with van der Waals surface area (Å²) < 4.78 is 1.70. The molecule has 3 heterocycles. The van der Waals surface area contributed by atoms with Crippen molar-refractivity contribution in [3.8, 4) is 0 Å². The molecule has 0 aromatic carbocycles. The molecular formula is C21H25N5O2. The number of imidazole rings is 1. The van der Waals surface area contributed by atoms with Gasteiger partial charge in [-0.15, -0.1) is 0 Å². The van der Waals surface area contributed by atoms with E-state index in [9.17, 15) is 9.59 Å². The maximum Gasteiger partial charge on any atom is 0.290 e. The van der Waals surface area contributed by atoms with Gasteiger partial charge in [-0.05, 0) is 42.7 Å². The molecule has 0 saturated heterocycles. The van der Waals surface area contributed by atoms with Crippen molar-refractivity contribution < 1.29 is 9.59 Å². The highest BCUT2D eigenvalue weighted by molar-refractivity contribution is 6.02. The maximum absolute atomic E-state index is 13.1. The molecule has 146 valence electrons. The number of carbonyl (C=O) groups excluding carboxylic acids is 2. The molecule has 0 fully saturated rings. The lowest BCUT2D eigenvalue weighted by molar-refractivity contribution is 0.0742. The summed E-state index contributed by atoms with van der Waals surface area (Å²) in [5.74, 6) is -0.193. The van der Waals surface area contributed by atoms with Crippen LogP contribution in [0.15, 0.2) is 48.9 Å². The van der Waals surface area contributed by atoms with Crippen LogP contribution in [0, 0.1) is 0 Å². The summed E-state index contributed by atoms with van der Waals surface area (Å²) in [5.41, 5.74) is 1.82. The fourth-order valence-electron chi connectivity index (χ4n) is 3.12. The molecule has 3 rings (SSSR count). The summed E-state index contributed by atoms with van der Waals surface area (Å²) in [6.45, 7) is 5.78. The second-order valence-corrected chi connectivity index (χ2v) is 6.57. The molecule has 1 N–H and O–H groups in total. The molecule has 0 spiro atoms. The minimum absolute atomic E-state index is 0.155. The number of pyridine rings is 2. The van der Waals surface area contributed by atoms with Gasteiger partial charge in [0.2, 0.25) is 5.82 Å². The van der Waals surface area contributed by atoms with E-state index in [2.05, 4.69) is 15.3 Å². The van der Waals surface area contributed by atoms with Gasteiger partial charge in [0.25, 0.3) is 11.8 Å². The van der Waals surface area contributed by atoms with Crippen LogP contribution < -0.4 is 5.32 Å². The minimum atomic E-state index is -0.308. The first-order valence-electron chi connectivity index (χ1n) is 9.59. The van der Waals surface area contributed by atoms with Gasteiger partial charge in [-0.3, -0.25) is 19.0 Å². The third-order valence-electron chi connectivity index (χ3n) is 4.43. The number of hydrogen-bond acceptors (Lipinski definition) is 4. The predicted molar refractivity (Wildman–Crippen MR) is 107 cm³/mol. The fourth-order valence-corrected chi connectivity index (χ4v) is 3.12. The zero-order chi connectivity index (χ0) is 19.9. The predicted octanol–water partition coefficient (Wildman–Crippen LogP) is 2.92. The van der Waals surface area contributed by atoms with E-state index in [-0.39, 0.29) is 23.3 Å². The van der Waals surface area contributed by atoms with E-state index in [0.717, 1.165) is 18.4 Å². The van der Waals surface area contributed by atoms with Gasteiger partial charge in [-0.2, -0.15) is 0 Å². The van der Waals surface area contributed by atoms with Crippen LogP contribution in [0.5, 0.6) is 0 Å². The summed E-state index contributed by atoms with van der Waals surface area (Å²) in [4.78, 5) is 36.0. The van der Waals surface area contributed by atoms with Gasteiger partial charge in [0.05, 0.1) is 5.52 Å². The van der Waals surface area contributed by atoms with Crippen LogP contribution in [0.4, 0.5) is 0 Å². The number of nitrogens with zero attached hydrogens (tertiary/aromatic N) is 4. The zero-order valence-corrected chi connectivity index (χ0v) is 16.3. The van der Waals surface area contributed by atoms with Gasteiger partial charge in [0.15, 0.2) is 5.69 Å². The first kappa shape index (κ1) is 19.5. The average Bonchev–Trinajstić information content (AvgIpc) is 3.12. The van der Waals surface area contributed by atoms with Gasteiger partial charge in [0, 0.05) is 38.2 Å². The Kier molecular flexibility index (Phi) is 6.37. The monoisotopic (exact) mass is 379 g/mol. The van der Waals surface area contributed by atoms with Crippen molar-refractivity contribution in [2.45, 2.75) is 33.2 Å². The molecule has 0 bridgehead atoms. The van der Waals surface area contributed by atoms with Crippen LogP contribution in [-0.4, -0.2) is 44.2 Å². The second kappa shape index (κ2) is 9.12. The second-order valence-electron chi connectivity index (χ2n) is 6.57. The molecule has 7 nitrogen and oxygen atoms in total. The van der Waals surface area contributed by atoms with Crippen molar-refractivity contribution in [2.75, 3.05) is 13.1 Å². The largest absolute Gasteiger partial charge is 0.347 e. The molecular weight excluding hydrogens is 354 g/mol. The first-order valence-corrected chi connectivity index (χ1v) is 9.59. The molecule has 0 aliphatic rings. The zero-order valence-electron chi connectivity index (χ0n) is 16.3. The Labute approximate surface area is 164 Å². The third kappa shape index (κ3) is 4.19. The van der Waals surface area contributed by atoms with Gasteiger partial charge in [-0.25, -0.2) is 4.98 Å². The number of nitrogens with one attached hydrogen (secondary N) is 1. The highest BCUT2D eigenvalue weighted by Crippen LogP contribution is 2.16. The van der Waals surface area contributed by atoms with Crippen molar-refractivity contribution in [3.63, 3.8) is 0 Å². The fraction of sp³-hybridized carbons (Fsp3) is 0.333. The molecule has 0 aliphatic heterocycles. The summed E-state index contributed by atoms with van der Waals surface area (Å²) in [7, 11) is 0. The average molecular weight is 379 g/mol. The summed E-state index contributed by atoms with van der Waals surface area (Å²) in [5, 5.41) is 2.87. The van der Waals surface area contributed by atoms with Crippen molar-refractivity contribution >= 4 is 17.3 Å². The van der Waals surface area contributed by atoms with Gasteiger partial charge < -0.3 is 10.2 Å². The Hall–Kier alpha value is -3.22. The lowest BCUT2D eigenvalue weighted by Gasteiger charge is -2.20. The lowest BCUT2D eigenvalue weighted by Crippen LogP contribution is -2.33. The van der Waals surface area contributed by atoms with Crippen LogP contribution in [0.25, 0.3) is 5.52 Å². The first-order chi connectivity index (χ1) is 13.7. The number of amides is 2. The van der Waals surface area contributed by atoms with Crippen LogP contribution in [0.1, 0.15) is 53.4 Å². The Morgan fingerprint density at radius 2 is 1.79 bits per heavy atom. The Morgan fingerprint density at radius 3 is 2.46 bits per heavy atom. The van der Waals surface area contributed by atoms with E-state index in [1.165, 1.54) is 0 Å². The van der Waals surface area contributed by atoms with Crippen molar-refractivity contribution in [1.29, 1.82) is 0 Å². The summed E-state index contributed by atoms with van der Waals surface area (Å²) in [6.07, 6.45) is 6.87. The van der Waals surface area contributed by atoms with Crippen molar-refractivity contribution in [1.82, 2.24) is 24.6 Å². The highest BCUT2D eigenvalue weighted by Gasteiger charge is 2.24. The molecule has 0 unspecified atom stereocenters. The van der Waals surface area contributed by atoms with Crippen molar-refractivity contribution in [2.24, 2.45) is 0 Å². The molecule has 0 radical (unpaired) electrons. The van der Waals surface area contributed by atoms with Crippen LogP contribution in [0.3, 0.4) is 0 Å². The molecule has 0 aliphatic carbocycles. The standard InChI is InChI=1S/C21H25N5O2/c1-3-12-25(13-4-2)21(28)19-24-18(17-7-5-6-14-26(17)19)20(27)23-15-16-8-10-22-11-9-16/h5-11,14H,3-4,12-13,15H2,1-2H3,(H,23,27). The van der Waals surface area contributed by atoms with Crippen LogP contribution >= 0.6 is 0 Å². The van der Waals surface area contributed by atoms with Crippen molar-refractivity contribution in [3.05, 3.63) is 66.0 Å². The SMILES string of the molecule is CCCN(CCC)C(=O)c1nc(C(=O)NCc2ccncc2)c2ccccn12. The Balaban J connectivity index is 1.89. The molecule has 0 atom stereocenters. The summed E-state index contributed by atoms with van der Waals surface area (Å²) >= 11 is 0. The van der Waals surface area contributed by atoms with E-state index in [4.69, 9.17) is 0 Å². The number of aromatic nitrogens is 3. The molecule has 28 heavy (non-hydrogen) atoms. The normalized spacial score (nSPS) is 10.8. The molecule has 0 saturated carbocycles. The van der Waals surface area contributed by atoms with E-state index < -0.39 is 0 Å². The maximum atomic E-state index is 13.1. The minimum Gasteiger partial charge on any atom is -0.347 e. The van der Waals surface area contributed by atoms with Crippen LogP contribution in [0.2, 0.25) is 0 Å². The lowest BCUT2D eigenvalue weighted by atomic mass is 10.2. The van der Waals surface area contributed by atoms with Gasteiger partial charge in [0.1, 0.15) is 0 Å². The quantitative estimate of drug-likeness (QED) is 0.653. The number of rotatable bonds is 8. The van der Waals surface area contributed by atoms with E-state index in [0.29, 0.717) is 25.2 Å². The molecule has 3 aromatic rings. The molecule has 7 heteroatoms.